The normalized spacial score (nSPS) is 11.5. The second-order valence-electron chi connectivity index (χ2n) is 8.76. The standard InChI is InChI=1S/C29H33ClN2O3/c1-4-13-31-29(34)27(18-23-9-6-5-7-10-23)32(19-24-11-8-12-25(30)17-24)28(33)20-35-26-15-21(2)14-22(3)16-26/h5-12,14-17,27H,4,13,18-20H2,1-3H3,(H,31,34). The number of nitrogens with one attached hydrogen (secondary N) is 1. The molecule has 0 saturated heterocycles. The average Bonchev–Trinajstić information content (AvgIpc) is 2.83. The molecule has 0 aliphatic carbocycles. The topological polar surface area (TPSA) is 58.6 Å². The Morgan fingerprint density at radius 1 is 0.943 bits per heavy atom. The number of ether oxygens (including phenoxy) is 1. The molecule has 3 rings (SSSR count). The van der Waals surface area contributed by atoms with E-state index in [9.17, 15) is 9.59 Å². The summed E-state index contributed by atoms with van der Waals surface area (Å²) in [6, 6.07) is 22.2. The summed E-state index contributed by atoms with van der Waals surface area (Å²) in [5, 5.41) is 3.55. The molecule has 2 amide bonds. The number of halogens is 1. The van der Waals surface area contributed by atoms with Crippen molar-refractivity contribution in [3.8, 4) is 5.75 Å². The van der Waals surface area contributed by atoms with E-state index in [0.29, 0.717) is 23.7 Å². The number of rotatable bonds is 11. The van der Waals surface area contributed by atoms with Gasteiger partial charge in [0, 0.05) is 24.5 Å². The molecule has 184 valence electrons. The number of hydrogen-bond acceptors (Lipinski definition) is 3. The number of carbonyl (C=O) groups is 2. The van der Waals surface area contributed by atoms with E-state index in [4.69, 9.17) is 16.3 Å². The number of amides is 2. The molecule has 35 heavy (non-hydrogen) atoms. The molecular weight excluding hydrogens is 460 g/mol. The van der Waals surface area contributed by atoms with Gasteiger partial charge in [-0.05, 0) is 66.8 Å². The van der Waals surface area contributed by atoms with Crippen LogP contribution in [0.25, 0.3) is 0 Å². The van der Waals surface area contributed by atoms with Gasteiger partial charge >= 0.3 is 0 Å². The van der Waals surface area contributed by atoms with Gasteiger partial charge in [-0.15, -0.1) is 0 Å². The Bertz CT molecular complexity index is 1110. The van der Waals surface area contributed by atoms with Gasteiger partial charge in [0.1, 0.15) is 11.8 Å². The van der Waals surface area contributed by atoms with Gasteiger partial charge in [0.05, 0.1) is 0 Å². The van der Waals surface area contributed by atoms with Crippen LogP contribution in [0.1, 0.15) is 35.6 Å². The van der Waals surface area contributed by atoms with Gasteiger partial charge in [0.15, 0.2) is 6.61 Å². The van der Waals surface area contributed by atoms with Crippen molar-refractivity contribution >= 4 is 23.4 Å². The van der Waals surface area contributed by atoms with Crippen molar-refractivity contribution in [3.63, 3.8) is 0 Å². The zero-order valence-corrected chi connectivity index (χ0v) is 21.3. The van der Waals surface area contributed by atoms with Crippen molar-refractivity contribution in [1.29, 1.82) is 0 Å². The summed E-state index contributed by atoms with van der Waals surface area (Å²) in [6.07, 6.45) is 1.20. The van der Waals surface area contributed by atoms with Crippen LogP contribution in [-0.4, -0.2) is 35.9 Å². The minimum Gasteiger partial charge on any atom is -0.484 e. The van der Waals surface area contributed by atoms with E-state index in [-0.39, 0.29) is 25.0 Å². The molecule has 0 radical (unpaired) electrons. The summed E-state index contributed by atoms with van der Waals surface area (Å²) in [4.78, 5) is 28.5. The van der Waals surface area contributed by atoms with Gasteiger partial charge in [-0.2, -0.15) is 0 Å². The van der Waals surface area contributed by atoms with Crippen molar-refractivity contribution in [2.75, 3.05) is 13.2 Å². The highest BCUT2D eigenvalue weighted by molar-refractivity contribution is 6.30. The maximum Gasteiger partial charge on any atom is 0.261 e. The predicted octanol–water partition coefficient (Wildman–Crippen LogP) is 5.50. The first-order chi connectivity index (χ1) is 16.9. The monoisotopic (exact) mass is 492 g/mol. The van der Waals surface area contributed by atoms with Crippen LogP contribution in [0, 0.1) is 13.8 Å². The summed E-state index contributed by atoms with van der Waals surface area (Å²) in [7, 11) is 0. The minimum absolute atomic E-state index is 0.171. The first-order valence-electron chi connectivity index (χ1n) is 11.9. The van der Waals surface area contributed by atoms with Crippen LogP contribution in [0.5, 0.6) is 5.75 Å². The van der Waals surface area contributed by atoms with Crippen LogP contribution in [0.15, 0.2) is 72.8 Å². The van der Waals surface area contributed by atoms with E-state index in [0.717, 1.165) is 28.7 Å². The molecule has 1 unspecified atom stereocenters. The van der Waals surface area contributed by atoms with Crippen LogP contribution in [0.3, 0.4) is 0 Å². The predicted molar refractivity (Wildman–Crippen MR) is 141 cm³/mol. The van der Waals surface area contributed by atoms with Crippen molar-refractivity contribution in [1.82, 2.24) is 10.2 Å². The Labute approximate surface area is 213 Å². The highest BCUT2D eigenvalue weighted by atomic mass is 35.5. The number of hydrogen-bond donors (Lipinski definition) is 1. The van der Waals surface area contributed by atoms with E-state index >= 15 is 0 Å². The summed E-state index contributed by atoms with van der Waals surface area (Å²) in [5.41, 5.74) is 3.94. The number of benzene rings is 3. The fraction of sp³-hybridized carbons (Fsp3) is 0.310. The van der Waals surface area contributed by atoms with Gasteiger partial charge in [0.2, 0.25) is 5.91 Å². The molecule has 0 spiro atoms. The Balaban J connectivity index is 1.90. The van der Waals surface area contributed by atoms with Crippen LogP contribution < -0.4 is 10.1 Å². The highest BCUT2D eigenvalue weighted by Gasteiger charge is 2.30. The third-order valence-electron chi connectivity index (χ3n) is 5.62. The van der Waals surface area contributed by atoms with Crippen LogP contribution in [0.2, 0.25) is 5.02 Å². The van der Waals surface area contributed by atoms with E-state index < -0.39 is 6.04 Å². The molecule has 3 aromatic rings. The van der Waals surface area contributed by atoms with Gasteiger partial charge in [0.25, 0.3) is 5.91 Å². The molecule has 0 heterocycles. The molecule has 0 saturated carbocycles. The van der Waals surface area contributed by atoms with Crippen LogP contribution in [-0.2, 0) is 22.6 Å². The fourth-order valence-electron chi connectivity index (χ4n) is 4.00. The lowest BCUT2D eigenvalue weighted by Gasteiger charge is -2.31. The minimum atomic E-state index is -0.696. The third-order valence-corrected chi connectivity index (χ3v) is 5.85. The molecule has 0 aliphatic heterocycles. The van der Waals surface area contributed by atoms with Crippen LogP contribution >= 0.6 is 11.6 Å². The molecule has 0 bridgehead atoms. The maximum atomic E-state index is 13.6. The smallest absolute Gasteiger partial charge is 0.261 e. The van der Waals surface area contributed by atoms with E-state index in [1.807, 2.05) is 87.5 Å². The summed E-state index contributed by atoms with van der Waals surface area (Å²) < 4.78 is 5.88. The lowest BCUT2D eigenvalue weighted by atomic mass is 10.0. The van der Waals surface area contributed by atoms with Crippen LogP contribution in [0.4, 0.5) is 0 Å². The molecule has 5 nitrogen and oxygen atoms in total. The lowest BCUT2D eigenvalue weighted by molar-refractivity contribution is -0.142. The molecule has 0 fully saturated rings. The zero-order valence-electron chi connectivity index (χ0n) is 20.6. The maximum absolute atomic E-state index is 13.6. The average molecular weight is 493 g/mol. The Morgan fingerprint density at radius 3 is 2.29 bits per heavy atom. The second kappa shape index (κ2) is 13.0. The summed E-state index contributed by atoms with van der Waals surface area (Å²) >= 11 is 6.21. The third kappa shape index (κ3) is 8.15. The quantitative estimate of drug-likeness (QED) is 0.384. The van der Waals surface area contributed by atoms with Gasteiger partial charge < -0.3 is 15.0 Å². The largest absolute Gasteiger partial charge is 0.484 e. The van der Waals surface area contributed by atoms with E-state index in [1.54, 1.807) is 11.0 Å². The lowest BCUT2D eigenvalue weighted by Crippen LogP contribution is -2.51. The molecular formula is C29H33ClN2O3. The molecule has 1 atom stereocenters. The zero-order chi connectivity index (χ0) is 25.2. The summed E-state index contributed by atoms with van der Waals surface area (Å²) in [6.45, 7) is 6.59. The second-order valence-corrected chi connectivity index (χ2v) is 9.20. The Kier molecular flexibility index (Phi) is 9.74. The van der Waals surface area contributed by atoms with Crippen molar-refractivity contribution in [2.24, 2.45) is 0 Å². The van der Waals surface area contributed by atoms with Crippen molar-refractivity contribution in [2.45, 2.75) is 46.2 Å². The van der Waals surface area contributed by atoms with Gasteiger partial charge in [-0.1, -0.05) is 67.1 Å². The molecule has 1 N–H and O–H groups in total. The number of nitrogens with zero attached hydrogens (tertiary/aromatic N) is 1. The Hall–Kier alpha value is -3.31. The van der Waals surface area contributed by atoms with E-state index in [2.05, 4.69) is 5.32 Å². The molecule has 0 aliphatic rings. The van der Waals surface area contributed by atoms with Crippen molar-refractivity contribution in [3.05, 3.63) is 100 Å². The first kappa shape index (κ1) is 26.3. The highest BCUT2D eigenvalue weighted by Crippen LogP contribution is 2.19. The van der Waals surface area contributed by atoms with Crippen molar-refractivity contribution < 1.29 is 14.3 Å². The summed E-state index contributed by atoms with van der Waals surface area (Å²) in [5.74, 6) is 0.183. The number of carbonyl (C=O) groups excluding carboxylic acids is 2. The van der Waals surface area contributed by atoms with Gasteiger partial charge in [-0.25, -0.2) is 0 Å². The fourth-order valence-corrected chi connectivity index (χ4v) is 4.21. The molecule has 6 heteroatoms. The SMILES string of the molecule is CCCNC(=O)C(Cc1ccccc1)N(Cc1cccc(Cl)c1)C(=O)COc1cc(C)cc(C)c1. The molecule has 3 aromatic carbocycles. The Morgan fingerprint density at radius 2 is 1.63 bits per heavy atom. The molecule has 0 aromatic heterocycles. The number of aryl methyl sites for hydroxylation is 2. The van der Waals surface area contributed by atoms with E-state index in [1.165, 1.54) is 0 Å². The van der Waals surface area contributed by atoms with Gasteiger partial charge in [-0.3, -0.25) is 9.59 Å². The first-order valence-corrected chi connectivity index (χ1v) is 12.3.